The van der Waals surface area contributed by atoms with Gasteiger partial charge in [0.25, 0.3) is 0 Å². The van der Waals surface area contributed by atoms with E-state index in [0.717, 1.165) is 0 Å². The average Bonchev–Trinajstić information content (AvgIpc) is 3.18. The Bertz CT molecular complexity index is 937. The van der Waals surface area contributed by atoms with Gasteiger partial charge < -0.3 is 14.7 Å². The van der Waals surface area contributed by atoms with Crippen LogP contribution in [0.1, 0.15) is 56.2 Å². The van der Waals surface area contributed by atoms with Gasteiger partial charge in [-0.2, -0.15) is 0 Å². The molecule has 164 valence electrons. The Hall–Kier alpha value is -1.65. The molecule has 0 saturated heterocycles. The van der Waals surface area contributed by atoms with Crippen molar-refractivity contribution in [2.45, 2.75) is 39.5 Å². The SMILES string of the molecule is CC(C)c1cccc(C(C)C)c1N1C=C2C=Cc3cccc(N(C)C)c3N2[CH-]1.[Cl][Ag]. The quantitative estimate of drug-likeness (QED) is 0.321. The van der Waals surface area contributed by atoms with Gasteiger partial charge in [0, 0.05) is 31.2 Å². The van der Waals surface area contributed by atoms with E-state index in [4.69, 9.17) is 0 Å². The fraction of sp³-hybridized carbons (Fsp3) is 0.320. The Morgan fingerprint density at radius 2 is 1.47 bits per heavy atom. The molecule has 0 unspecified atom stereocenters. The van der Waals surface area contributed by atoms with E-state index < -0.39 is 0 Å². The normalized spacial score (nSPS) is 14.4. The predicted molar refractivity (Wildman–Crippen MR) is 128 cm³/mol. The first-order valence-electron chi connectivity index (χ1n) is 10.3. The fourth-order valence-electron chi connectivity index (χ4n) is 4.15. The van der Waals surface area contributed by atoms with Crippen LogP contribution in [0.5, 0.6) is 0 Å². The molecule has 2 aromatic rings. The Morgan fingerprint density at radius 3 is 2.03 bits per heavy atom. The first kappa shape index (κ1) is 23.0. The number of anilines is 3. The van der Waals surface area contributed by atoms with E-state index in [0.29, 0.717) is 11.8 Å². The van der Waals surface area contributed by atoms with Crippen LogP contribution in [0.3, 0.4) is 0 Å². The number of rotatable bonds is 4. The zero-order valence-corrected chi connectivity index (χ0v) is 20.7. The summed E-state index contributed by atoms with van der Waals surface area (Å²) in [6.07, 6.45) is 6.70. The summed E-state index contributed by atoms with van der Waals surface area (Å²) >= 11 is 2.42. The van der Waals surface area contributed by atoms with Crippen molar-refractivity contribution in [1.82, 2.24) is 0 Å². The van der Waals surface area contributed by atoms with Gasteiger partial charge in [0.05, 0.1) is 5.69 Å². The zero-order valence-electron chi connectivity index (χ0n) is 18.4. The monoisotopic (exact) mass is 514 g/mol. The third-order valence-electron chi connectivity index (χ3n) is 5.59. The molecule has 3 nitrogen and oxygen atoms in total. The third-order valence-corrected chi connectivity index (χ3v) is 5.59. The number of nitrogens with zero attached hydrogens (tertiary/aromatic N) is 3. The Labute approximate surface area is 197 Å². The van der Waals surface area contributed by atoms with Gasteiger partial charge in [0.2, 0.25) is 0 Å². The third kappa shape index (κ3) is 4.22. The van der Waals surface area contributed by atoms with Gasteiger partial charge >= 0.3 is 29.2 Å². The van der Waals surface area contributed by atoms with Gasteiger partial charge in [0.15, 0.2) is 0 Å². The van der Waals surface area contributed by atoms with E-state index in [1.54, 1.807) is 0 Å². The van der Waals surface area contributed by atoms with Crippen molar-refractivity contribution in [3.8, 4) is 0 Å². The van der Waals surface area contributed by atoms with Gasteiger partial charge in [0.1, 0.15) is 0 Å². The Morgan fingerprint density at radius 1 is 0.867 bits per heavy atom. The summed E-state index contributed by atoms with van der Waals surface area (Å²) in [7, 11) is 8.66. The van der Waals surface area contributed by atoms with Crippen molar-refractivity contribution in [2.24, 2.45) is 0 Å². The summed E-state index contributed by atoms with van der Waals surface area (Å²) in [4.78, 5) is 6.84. The Balaban J connectivity index is 0.00000124. The molecular weight excluding hydrogens is 486 g/mol. The van der Waals surface area contributed by atoms with E-state index in [9.17, 15) is 0 Å². The number of halogens is 1. The summed E-state index contributed by atoms with van der Waals surface area (Å²) in [5.74, 6) is 0.941. The maximum atomic E-state index is 4.45. The minimum atomic E-state index is 0.471. The first-order chi connectivity index (χ1) is 14.4. The number of benzene rings is 2. The van der Waals surface area contributed by atoms with Crippen LogP contribution in [0.25, 0.3) is 6.08 Å². The molecule has 0 fully saturated rings. The van der Waals surface area contributed by atoms with Crippen LogP contribution in [-0.2, 0) is 20.0 Å². The molecule has 2 aliphatic heterocycles. The van der Waals surface area contributed by atoms with Gasteiger partial charge in [-0.1, -0.05) is 64.1 Å². The van der Waals surface area contributed by atoms with Crippen molar-refractivity contribution in [3.05, 3.63) is 77.7 Å². The standard InChI is InChI=1S/C25H30N3.Ag.ClH/c1-17(2)21-10-8-11-22(18(3)4)25(21)27-15-20-14-13-19-9-7-12-23(26(5)6)24(19)28(20)16-27;;/h7-18H,1-6H3;;1H/q-1;+1;/p-1. The van der Waals surface area contributed by atoms with E-state index in [2.05, 4.69) is 147 Å². The van der Waals surface area contributed by atoms with Crippen LogP contribution in [0.2, 0.25) is 0 Å². The number of hydrogen-bond donors (Lipinski definition) is 0. The van der Waals surface area contributed by atoms with Crippen LogP contribution < -0.4 is 14.7 Å². The van der Waals surface area contributed by atoms with E-state index in [1.807, 2.05) is 0 Å². The fourth-order valence-corrected chi connectivity index (χ4v) is 4.15. The van der Waals surface area contributed by atoms with Crippen molar-refractivity contribution in [2.75, 3.05) is 28.8 Å². The first-order valence-corrected chi connectivity index (χ1v) is 12.2. The summed E-state index contributed by atoms with van der Waals surface area (Å²) in [6, 6.07) is 13.2. The van der Waals surface area contributed by atoms with Crippen LogP contribution in [0.15, 0.2) is 54.4 Å². The van der Waals surface area contributed by atoms with Crippen molar-refractivity contribution >= 4 is 32.3 Å². The van der Waals surface area contributed by atoms with Crippen LogP contribution in [0, 0.1) is 6.67 Å². The predicted octanol–water partition coefficient (Wildman–Crippen LogP) is 7.00. The van der Waals surface area contributed by atoms with Gasteiger partial charge in [-0.25, -0.2) is 0 Å². The summed E-state index contributed by atoms with van der Waals surface area (Å²) in [6.45, 7) is 11.4. The molecule has 30 heavy (non-hydrogen) atoms. The maximum absolute atomic E-state index is 4.45. The molecule has 2 aliphatic rings. The second-order valence-corrected chi connectivity index (χ2v) is 8.48. The molecule has 0 radical (unpaired) electrons. The molecule has 2 aromatic carbocycles. The number of hydrogen-bond acceptors (Lipinski definition) is 3. The van der Waals surface area contributed by atoms with Gasteiger partial charge in [-0.05, 0) is 46.9 Å². The van der Waals surface area contributed by atoms with Crippen molar-refractivity contribution < 1.29 is 20.0 Å². The summed E-state index contributed by atoms with van der Waals surface area (Å²) in [5, 5.41) is 0. The molecular formula is C25H30AgClN3-. The number of allylic oxidation sites excluding steroid dienone is 1. The van der Waals surface area contributed by atoms with Crippen molar-refractivity contribution in [1.29, 1.82) is 0 Å². The van der Waals surface area contributed by atoms with E-state index >= 15 is 0 Å². The Kier molecular flexibility index (Phi) is 7.41. The molecule has 0 aliphatic carbocycles. The second kappa shape index (κ2) is 9.65. The second-order valence-electron chi connectivity index (χ2n) is 8.48. The van der Waals surface area contributed by atoms with Gasteiger partial charge in [-0.3, -0.25) is 0 Å². The molecule has 0 atom stereocenters. The number of para-hydroxylation sites is 2. The average molecular weight is 516 g/mol. The molecule has 4 rings (SSSR count). The van der Waals surface area contributed by atoms with Gasteiger partial charge in [-0.15, -0.1) is 6.67 Å². The molecule has 0 spiro atoms. The van der Waals surface area contributed by atoms with Crippen molar-refractivity contribution in [3.63, 3.8) is 0 Å². The minimum absolute atomic E-state index is 0.471. The van der Waals surface area contributed by atoms with Crippen LogP contribution >= 0.6 is 9.19 Å². The summed E-state index contributed by atoms with van der Waals surface area (Å²) in [5.41, 5.74) is 9.04. The molecule has 0 bridgehead atoms. The molecule has 0 aromatic heterocycles. The molecule has 0 saturated carbocycles. The number of fused-ring (bicyclic) bond motifs is 3. The zero-order chi connectivity index (χ0) is 22.0. The van der Waals surface area contributed by atoms with E-state index in [-0.39, 0.29) is 0 Å². The van der Waals surface area contributed by atoms with Crippen LogP contribution in [-0.4, -0.2) is 14.1 Å². The molecule has 0 amide bonds. The van der Waals surface area contributed by atoms with E-state index in [1.165, 1.54) is 39.4 Å². The van der Waals surface area contributed by atoms with Crippen LogP contribution in [0.4, 0.5) is 17.1 Å². The summed E-state index contributed by atoms with van der Waals surface area (Å²) < 4.78 is 0. The molecule has 5 heteroatoms. The molecule has 2 heterocycles. The topological polar surface area (TPSA) is 9.72 Å². The molecule has 0 N–H and O–H groups in total.